The SMILES string of the molecule is NC(=O)CCN(Cc1ccccc1)S(=O)(=O)c1ccc(Cl)c(Cl)c1. The molecule has 0 aliphatic heterocycles. The number of hydrogen-bond donors (Lipinski definition) is 1. The molecular formula is C16H16Cl2N2O3S. The van der Waals surface area contributed by atoms with Crippen molar-refractivity contribution < 1.29 is 13.2 Å². The van der Waals surface area contributed by atoms with Crippen LogP contribution in [-0.4, -0.2) is 25.2 Å². The molecule has 0 unspecified atom stereocenters. The summed E-state index contributed by atoms with van der Waals surface area (Å²) < 4.78 is 27.0. The van der Waals surface area contributed by atoms with Crippen LogP contribution in [0.25, 0.3) is 0 Å². The topological polar surface area (TPSA) is 80.5 Å². The number of benzene rings is 2. The maximum absolute atomic E-state index is 12.9. The van der Waals surface area contributed by atoms with E-state index >= 15 is 0 Å². The molecule has 0 aliphatic rings. The van der Waals surface area contributed by atoms with E-state index in [0.717, 1.165) is 5.56 Å². The Morgan fingerprint density at radius 3 is 2.29 bits per heavy atom. The number of nitrogens with two attached hydrogens (primary N) is 1. The molecule has 0 aliphatic carbocycles. The molecule has 2 N–H and O–H groups in total. The van der Waals surface area contributed by atoms with Crippen molar-refractivity contribution in [1.82, 2.24) is 4.31 Å². The molecule has 5 nitrogen and oxygen atoms in total. The van der Waals surface area contributed by atoms with E-state index in [0.29, 0.717) is 0 Å². The summed E-state index contributed by atoms with van der Waals surface area (Å²) in [6.45, 7) is 0.101. The van der Waals surface area contributed by atoms with E-state index in [9.17, 15) is 13.2 Å². The van der Waals surface area contributed by atoms with Gasteiger partial charge in [0.05, 0.1) is 14.9 Å². The van der Waals surface area contributed by atoms with Gasteiger partial charge < -0.3 is 5.73 Å². The second-order valence-corrected chi connectivity index (χ2v) is 7.87. The lowest BCUT2D eigenvalue weighted by molar-refractivity contribution is -0.118. The van der Waals surface area contributed by atoms with Gasteiger partial charge in [0, 0.05) is 19.5 Å². The third kappa shape index (κ3) is 4.70. The van der Waals surface area contributed by atoms with Crippen molar-refractivity contribution in [2.24, 2.45) is 5.73 Å². The maximum atomic E-state index is 12.9. The molecular weight excluding hydrogens is 371 g/mol. The largest absolute Gasteiger partial charge is 0.370 e. The average molecular weight is 387 g/mol. The number of nitrogens with zero attached hydrogens (tertiary/aromatic N) is 1. The number of carbonyl (C=O) groups excluding carboxylic acids is 1. The first-order valence-electron chi connectivity index (χ1n) is 7.08. The predicted octanol–water partition coefficient (Wildman–Crippen LogP) is 3.06. The summed E-state index contributed by atoms with van der Waals surface area (Å²) in [5, 5.41) is 0.412. The number of halogens is 2. The third-order valence-corrected chi connectivity index (χ3v) is 5.92. The standard InChI is InChI=1S/C16H16Cl2N2O3S/c17-14-7-6-13(10-15(14)18)24(22,23)20(9-8-16(19)21)11-12-4-2-1-3-5-12/h1-7,10H,8-9,11H2,(H2,19,21). The third-order valence-electron chi connectivity index (χ3n) is 3.34. The van der Waals surface area contributed by atoms with Crippen LogP contribution in [0.2, 0.25) is 10.0 Å². The van der Waals surface area contributed by atoms with Gasteiger partial charge >= 0.3 is 0 Å². The van der Waals surface area contributed by atoms with Crippen molar-refractivity contribution in [2.45, 2.75) is 17.9 Å². The van der Waals surface area contributed by atoms with Crippen molar-refractivity contribution >= 4 is 39.1 Å². The summed E-state index contributed by atoms with van der Waals surface area (Å²) in [6.07, 6.45) is -0.0760. The Hall–Kier alpha value is -1.60. The zero-order valence-electron chi connectivity index (χ0n) is 12.7. The summed E-state index contributed by atoms with van der Waals surface area (Å²) in [5.41, 5.74) is 5.96. The number of primary amides is 1. The molecule has 0 spiro atoms. The first-order valence-corrected chi connectivity index (χ1v) is 9.28. The summed E-state index contributed by atoms with van der Waals surface area (Å²) in [4.78, 5) is 11.1. The van der Waals surface area contributed by atoms with Crippen LogP contribution in [-0.2, 0) is 21.4 Å². The van der Waals surface area contributed by atoms with Crippen LogP contribution >= 0.6 is 23.2 Å². The Labute approximate surface area is 151 Å². The van der Waals surface area contributed by atoms with Crippen LogP contribution in [0.15, 0.2) is 53.4 Å². The number of amides is 1. The summed E-state index contributed by atoms with van der Waals surface area (Å²) in [5.74, 6) is -0.572. The fourth-order valence-electron chi connectivity index (χ4n) is 2.09. The van der Waals surface area contributed by atoms with Gasteiger partial charge in [-0.15, -0.1) is 0 Å². The fraction of sp³-hybridized carbons (Fsp3) is 0.188. The normalized spacial score (nSPS) is 11.6. The molecule has 0 bridgehead atoms. The van der Waals surface area contributed by atoms with E-state index < -0.39 is 15.9 Å². The van der Waals surface area contributed by atoms with Gasteiger partial charge in [0.2, 0.25) is 15.9 Å². The van der Waals surface area contributed by atoms with Gasteiger partial charge in [0.15, 0.2) is 0 Å². The molecule has 0 heterocycles. The number of rotatable bonds is 7. The molecule has 0 aromatic heterocycles. The quantitative estimate of drug-likeness (QED) is 0.793. The van der Waals surface area contributed by atoms with Crippen LogP contribution < -0.4 is 5.73 Å². The minimum atomic E-state index is -3.85. The van der Waals surface area contributed by atoms with Gasteiger partial charge in [-0.3, -0.25) is 4.79 Å². The van der Waals surface area contributed by atoms with E-state index in [2.05, 4.69) is 0 Å². The van der Waals surface area contributed by atoms with E-state index in [1.54, 1.807) is 0 Å². The first-order chi connectivity index (χ1) is 11.3. The van der Waals surface area contributed by atoms with Gasteiger partial charge in [0.1, 0.15) is 0 Å². The van der Waals surface area contributed by atoms with Gasteiger partial charge in [-0.1, -0.05) is 53.5 Å². The van der Waals surface area contributed by atoms with E-state index in [1.165, 1.54) is 22.5 Å². The average Bonchev–Trinajstić information content (AvgIpc) is 2.54. The van der Waals surface area contributed by atoms with Crippen LogP contribution in [0, 0.1) is 0 Å². The minimum Gasteiger partial charge on any atom is -0.370 e. The maximum Gasteiger partial charge on any atom is 0.243 e. The highest BCUT2D eigenvalue weighted by atomic mass is 35.5. The molecule has 0 saturated carbocycles. The second-order valence-electron chi connectivity index (χ2n) is 5.12. The molecule has 2 aromatic carbocycles. The molecule has 0 saturated heterocycles. The number of carbonyl (C=O) groups is 1. The lowest BCUT2D eigenvalue weighted by Gasteiger charge is -2.22. The predicted molar refractivity (Wildman–Crippen MR) is 94.3 cm³/mol. The molecule has 0 fully saturated rings. The monoisotopic (exact) mass is 386 g/mol. The molecule has 0 atom stereocenters. The van der Waals surface area contributed by atoms with E-state index in [1.807, 2.05) is 30.3 Å². The van der Waals surface area contributed by atoms with Crippen LogP contribution in [0.4, 0.5) is 0 Å². The number of hydrogen-bond acceptors (Lipinski definition) is 3. The Morgan fingerprint density at radius 1 is 1.04 bits per heavy atom. The van der Waals surface area contributed by atoms with Crippen LogP contribution in [0.5, 0.6) is 0 Å². The van der Waals surface area contributed by atoms with Crippen molar-refractivity contribution in [3.05, 3.63) is 64.1 Å². The van der Waals surface area contributed by atoms with E-state index in [4.69, 9.17) is 28.9 Å². The lowest BCUT2D eigenvalue weighted by atomic mass is 10.2. The Bertz CT molecular complexity index is 826. The highest BCUT2D eigenvalue weighted by molar-refractivity contribution is 7.89. The van der Waals surface area contributed by atoms with Crippen LogP contribution in [0.3, 0.4) is 0 Å². The summed E-state index contributed by atoms with van der Waals surface area (Å²) >= 11 is 11.8. The van der Waals surface area contributed by atoms with Gasteiger partial charge in [-0.2, -0.15) is 4.31 Å². The lowest BCUT2D eigenvalue weighted by Crippen LogP contribution is -2.33. The van der Waals surface area contributed by atoms with Crippen molar-refractivity contribution in [3.63, 3.8) is 0 Å². The highest BCUT2D eigenvalue weighted by Gasteiger charge is 2.25. The molecule has 8 heteroatoms. The van der Waals surface area contributed by atoms with Crippen molar-refractivity contribution in [1.29, 1.82) is 0 Å². The fourth-order valence-corrected chi connectivity index (χ4v) is 3.91. The van der Waals surface area contributed by atoms with Crippen molar-refractivity contribution in [2.75, 3.05) is 6.54 Å². The minimum absolute atomic E-state index is 0.0114. The first kappa shape index (κ1) is 18.7. The summed E-state index contributed by atoms with van der Waals surface area (Å²) in [7, 11) is -3.85. The van der Waals surface area contributed by atoms with E-state index in [-0.39, 0.29) is 34.5 Å². The zero-order valence-corrected chi connectivity index (χ0v) is 15.0. The molecule has 1 amide bonds. The molecule has 2 rings (SSSR count). The molecule has 128 valence electrons. The number of sulfonamides is 1. The molecule has 24 heavy (non-hydrogen) atoms. The molecule has 2 aromatic rings. The van der Waals surface area contributed by atoms with Gasteiger partial charge in [-0.25, -0.2) is 8.42 Å². The van der Waals surface area contributed by atoms with Crippen molar-refractivity contribution in [3.8, 4) is 0 Å². The van der Waals surface area contributed by atoms with Gasteiger partial charge in [-0.05, 0) is 23.8 Å². The highest BCUT2D eigenvalue weighted by Crippen LogP contribution is 2.27. The Morgan fingerprint density at radius 2 is 1.71 bits per heavy atom. The van der Waals surface area contributed by atoms with Crippen LogP contribution in [0.1, 0.15) is 12.0 Å². The molecule has 0 radical (unpaired) electrons. The smallest absolute Gasteiger partial charge is 0.243 e. The zero-order chi connectivity index (χ0) is 17.7. The summed E-state index contributed by atoms with van der Waals surface area (Å²) in [6, 6.07) is 13.2. The Balaban J connectivity index is 2.36. The van der Waals surface area contributed by atoms with Gasteiger partial charge in [0.25, 0.3) is 0 Å². The second kappa shape index (κ2) is 7.98. The Kier molecular flexibility index (Phi) is 6.23.